The summed E-state index contributed by atoms with van der Waals surface area (Å²) >= 11 is 16.8. The molecule has 0 unspecified atom stereocenters. The van der Waals surface area contributed by atoms with Crippen LogP contribution >= 0.6 is 50.5 Å². The van der Waals surface area contributed by atoms with Crippen LogP contribution in [0.2, 0.25) is 10.0 Å². The summed E-state index contributed by atoms with van der Waals surface area (Å²) in [6.45, 7) is 0. The molecule has 0 spiro atoms. The summed E-state index contributed by atoms with van der Waals surface area (Å²) in [6.07, 6.45) is 1.72. The third-order valence-electron chi connectivity index (χ3n) is 3.34. The highest BCUT2D eigenvalue weighted by Gasteiger charge is 2.12. The zero-order valence-electron chi connectivity index (χ0n) is 12.5. The average Bonchev–Trinajstić information content (AvgIpc) is 3.05. The second-order valence-corrected chi connectivity index (χ2v) is 7.60. The van der Waals surface area contributed by atoms with Crippen LogP contribution in [0, 0.1) is 11.3 Å². The molecule has 0 aliphatic carbocycles. The van der Waals surface area contributed by atoms with Crippen LogP contribution in [0.4, 0.5) is 0 Å². The molecule has 1 heterocycles. The van der Waals surface area contributed by atoms with Crippen LogP contribution in [0.1, 0.15) is 10.6 Å². The molecule has 3 aromatic rings. The first kappa shape index (κ1) is 18.0. The van der Waals surface area contributed by atoms with Crippen molar-refractivity contribution in [3.8, 4) is 23.1 Å². The molecule has 1 aromatic heterocycles. The summed E-state index contributed by atoms with van der Waals surface area (Å²) in [5, 5.41) is 22.5. The second kappa shape index (κ2) is 7.59. The van der Waals surface area contributed by atoms with Crippen LogP contribution in [-0.4, -0.2) is 10.1 Å². The Morgan fingerprint density at radius 1 is 1.24 bits per heavy atom. The highest BCUT2D eigenvalue weighted by molar-refractivity contribution is 9.10. The van der Waals surface area contributed by atoms with Gasteiger partial charge in [0.15, 0.2) is 0 Å². The van der Waals surface area contributed by atoms with Gasteiger partial charge in [0.25, 0.3) is 0 Å². The minimum atomic E-state index is 0.143. The minimum absolute atomic E-state index is 0.143. The summed E-state index contributed by atoms with van der Waals surface area (Å²) < 4.78 is 0.561. The van der Waals surface area contributed by atoms with Gasteiger partial charge in [-0.15, -0.1) is 11.3 Å². The fourth-order valence-corrected chi connectivity index (χ4v) is 3.83. The minimum Gasteiger partial charge on any atom is -0.507 e. The highest BCUT2D eigenvalue weighted by atomic mass is 79.9. The smallest absolute Gasteiger partial charge is 0.134 e. The number of rotatable bonds is 3. The molecule has 25 heavy (non-hydrogen) atoms. The first-order valence-electron chi connectivity index (χ1n) is 6.99. The van der Waals surface area contributed by atoms with Crippen LogP contribution in [0.15, 0.2) is 46.3 Å². The number of allylic oxidation sites excluding steroid dienone is 1. The number of nitriles is 1. The second-order valence-electron chi connectivity index (χ2n) is 5.04. The summed E-state index contributed by atoms with van der Waals surface area (Å²) in [4.78, 5) is 4.52. The monoisotopic (exact) mass is 450 g/mol. The Morgan fingerprint density at radius 2 is 2.04 bits per heavy atom. The summed E-state index contributed by atoms with van der Waals surface area (Å²) in [5.41, 5.74) is 2.66. The lowest BCUT2D eigenvalue weighted by Gasteiger charge is -2.01. The number of hydrogen-bond acceptors (Lipinski definition) is 4. The normalized spacial score (nSPS) is 11.4. The van der Waals surface area contributed by atoms with E-state index < -0.39 is 0 Å². The fraction of sp³-hybridized carbons (Fsp3) is 0. The first-order valence-corrected chi connectivity index (χ1v) is 9.42. The maximum atomic E-state index is 9.56. The van der Waals surface area contributed by atoms with Crippen LogP contribution in [0.25, 0.3) is 22.9 Å². The van der Waals surface area contributed by atoms with E-state index in [2.05, 4.69) is 27.0 Å². The van der Waals surface area contributed by atoms with Crippen LogP contribution in [0.5, 0.6) is 5.75 Å². The van der Waals surface area contributed by atoms with Crippen molar-refractivity contribution in [1.29, 1.82) is 5.26 Å². The van der Waals surface area contributed by atoms with E-state index in [-0.39, 0.29) is 5.75 Å². The van der Waals surface area contributed by atoms with Gasteiger partial charge >= 0.3 is 0 Å². The lowest BCUT2D eigenvalue weighted by molar-refractivity contribution is 0.472. The number of aromatic nitrogens is 1. The molecule has 3 rings (SSSR count). The Morgan fingerprint density at radius 3 is 2.72 bits per heavy atom. The van der Waals surface area contributed by atoms with Crippen LogP contribution in [-0.2, 0) is 0 Å². The molecule has 0 atom stereocenters. The van der Waals surface area contributed by atoms with E-state index in [9.17, 15) is 10.4 Å². The molecular weight excluding hydrogens is 443 g/mol. The molecule has 0 fully saturated rings. The zero-order valence-corrected chi connectivity index (χ0v) is 16.4. The molecular formula is C18H9BrCl2N2OS. The first-order chi connectivity index (χ1) is 12.0. The molecule has 2 aromatic carbocycles. The Kier molecular flexibility index (Phi) is 5.45. The third-order valence-corrected chi connectivity index (χ3v) is 5.40. The van der Waals surface area contributed by atoms with E-state index in [1.807, 2.05) is 5.38 Å². The van der Waals surface area contributed by atoms with Crippen LogP contribution < -0.4 is 0 Å². The highest BCUT2D eigenvalue weighted by Crippen LogP contribution is 2.33. The lowest BCUT2D eigenvalue weighted by Crippen LogP contribution is -1.84. The molecule has 0 amide bonds. The van der Waals surface area contributed by atoms with Crippen LogP contribution in [0.3, 0.4) is 0 Å². The largest absolute Gasteiger partial charge is 0.507 e. The van der Waals surface area contributed by atoms with E-state index in [1.165, 1.54) is 11.3 Å². The zero-order chi connectivity index (χ0) is 18.0. The summed E-state index contributed by atoms with van der Waals surface area (Å²) in [7, 11) is 0. The van der Waals surface area contributed by atoms with Crippen molar-refractivity contribution in [2.24, 2.45) is 0 Å². The topological polar surface area (TPSA) is 56.9 Å². The van der Waals surface area contributed by atoms with Crippen molar-refractivity contribution in [2.45, 2.75) is 0 Å². The number of hydrogen-bond donors (Lipinski definition) is 1. The SMILES string of the molecule is N#CC(=Cc1ccc(O)c(Br)c1)c1nc(-c2ccc(Cl)cc2Cl)cs1. The van der Waals surface area contributed by atoms with E-state index >= 15 is 0 Å². The van der Waals surface area contributed by atoms with Gasteiger partial charge in [0.05, 0.1) is 20.8 Å². The lowest BCUT2D eigenvalue weighted by atomic mass is 10.1. The van der Waals surface area contributed by atoms with Gasteiger partial charge in [-0.1, -0.05) is 29.3 Å². The Hall–Kier alpha value is -1.84. The van der Waals surface area contributed by atoms with Gasteiger partial charge < -0.3 is 5.11 Å². The van der Waals surface area contributed by atoms with Gasteiger partial charge in [-0.05, 0) is 57.9 Å². The molecule has 1 N–H and O–H groups in total. The molecule has 3 nitrogen and oxygen atoms in total. The Balaban J connectivity index is 1.98. The molecule has 0 bridgehead atoms. The van der Waals surface area contributed by atoms with Crippen molar-refractivity contribution >= 4 is 62.1 Å². The predicted molar refractivity (Wildman–Crippen MR) is 107 cm³/mol. The maximum Gasteiger partial charge on any atom is 0.134 e. The Bertz CT molecular complexity index is 1020. The van der Waals surface area contributed by atoms with Crippen molar-refractivity contribution < 1.29 is 5.11 Å². The molecule has 0 aliphatic rings. The van der Waals surface area contributed by atoms with Crippen molar-refractivity contribution in [3.63, 3.8) is 0 Å². The van der Waals surface area contributed by atoms with Gasteiger partial charge in [-0.3, -0.25) is 0 Å². The number of benzene rings is 2. The van der Waals surface area contributed by atoms with Crippen molar-refractivity contribution in [1.82, 2.24) is 4.98 Å². The van der Waals surface area contributed by atoms with Gasteiger partial charge in [-0.25, -0.2) is 4.98 Å². The number of halogens is 3. The molecule has 0 radical (unpaired) electrons. The third kappa shape index (κ3) is 4.05. The van der Waals surface area contributed by atoms with E-state index in [1.54, 1.807) is 42.5 Å². The van der Waals surface area contributed by atoms with Gasteiger partial charge in [-0.2, -0.15) is 5.26 Å². The molecule has 124 valence electrons. The average molecular weight is 452 g/mol. The fourth-order valence-electron chi connectivity index (χ4n) is 2.14. The van der Waals surface area contributed by atoms with Crippen molar-refractivity contribution in [3.05, 3.63) is 66.9 Å². The number of phenolic OH excluding ortho intramolecular Hbond substituents is 1. The Labute approximate surface area is 166 Å². The van der Waals surface area contributed by atoms with E-state index in [4.69, 9.17) is 23.2 Å². The quantitative estimate of drug-likeness (QED) is 0.453. The molecule has 0 saturated heterocycles. The molecule has 0 saturated carbocycles. The number of nitrogens with zero attached hydrogens (tertiary/aromatic N) is 2. The number of aromatic hydroxyl groups is 1. The van der Waals surface area contributed by atoms with Gasteiger partial charge in [0.1, 0.15) is 16.8 Å². The molecule has 0 aliphatic heterocycles. The standard InChI is InChI=1S/C18H9BrCl2N2OS/c19-14-6-10(1-4-17(14)24)5-11(8-22)18-23-16(9-25-18)13-3-2-12(20)7-15(13)21/h1-7,9,24H. The number of phenols is 1. The summed E-state index contributed by atoms with van der Waals surface area (Å²) in [5.74, 6) is 0.143. The number of thiazole rings is 1. The van der Waals surface area contributed by atoms with Gasteiger partial charge in [0.2, 0.25) is 0 Å². The van der Waals surface area contributed by atoms with Gasteiger partial charge in [0, 0.05) is 16.0 Å². The van der Waals surface area contributed by atoms with E-state index in [0.29, 0.717) is 30.8 Å². The molecule has 7 heteroatoms. The van der Waals surface area contributed by atoms with E-state index in [0.717, 1.165) is 11.1 Å². The predicted octanol–water partition coefficient (Wildman–Crippen LogP) is 6.65. The van der Waals surface area contributed by atoms with Crippen molar-refractivity contribution in [2.75, 3.05) is 0 Å². The summed E-state index contributed by atoms with van der Waals surface area (Å²) in [6, 6.07) is 12.4. The maximum absolute atomic E-state index is 9.56.